The molecule has 18 heavy (non-hydrogen) atoms. The predicted octanol–water partition coefficient (Wildman–Crippen LogP) is 2.30. The van der Waals surface area contributed by atoms with Crippen molar-refractivity contribution in [1.82, 2.24) is 5.32 Å². The van der Waals surface area contributed by atoms with Gasteiger partial charge in [-0.3, -0.25) is 0 Å². The maximum Gasteiger partial charge on any atom is 0.406 e. The van der Waals surface area contributed by atoms with Crippen LogP contribution in [0.3, 0.4) is 0 Å². The summed E-state index contributed by atoms with van der Waals surface area (Å²) in [7, 11) is 1.35. The van der Waals surface area contributed by atoms with Crippen molar-refractivity contribution < 1.29 is 19.4 Å². The number of aromatic hydroxyl groups is 1. The Kier molecular flexibility index (Phi) is 6.46. The number of ether oxygens (including phenoxy) is 2. The molecule has 1 amide bonds. The summed E-state index contributed by atoms with van der Waals surface area (Å²) in [6.07, 6.45) is 2.40. The molecule has 0 aliphatic heterocycles. The molecular weight excluding hydrogens is 234 g/mol. The molecule has 1 aromatic carbocycles. The number of carbonyl (C=O) groups excluding carboxylic acids is 1. The first kappa shape index (κ1) is 14.2. The Morgan fingerprint density at radius 3 is 2.61 bits per heavy atom. The molecule has 5 heteroatoms. The molecule has 0 spiro atoms. The Labute approximate surface area is 107 Å². The van der Waals surface area contributed by atoms with E-state index in [-0.39, 0.29) is 5.75 Å². The molecule has 0 saturated carbocycles. The van der Waals surface area contributed by atoms with E-state index in [2.05, 4.69) is 10.1 Å². The smallest absolute Gasteiger partial charge is 0.406 e. The van der Waals surface area contributed by atoms with Gasteiger partial charge in [-0.05, 0) is 43.5 Å². The third kappa shape index (κ3) is 5.98. The molecule has 0 heterocycles. The first-order valence-electron chi connectivity index (χ1n) is 5.96. The van der Waals surface area contributed by atoms with Crippen LogP contribution in [-0.4, -0.2) is 31.5 Å². The van der Waals surface area contributed by atoms with Gasteiger partial charge in [0.1, 0.15) is 11.5 Å². The van der Waals surface area contributed by atoms with E-state index in [4.69, 9.17) is 9.84 Å². The third-order valence-corrected chi connectivity index (χ3v) is 2.38. The summed E-state index contributed by atoms with van der Waals surface area (Å²) < 4.78 is 9.94. The number of methoxy groups -OCH3 is 1. The molecule has 0 aromatic heterocycles. The monoisotopic (exact) mass is 253 g/mol. The highest BCUT2D eigenvalue weighted by Gasteiger charge is 1.97. The first-order valence-corrected chi connectivity index (χ1v) is 5.96. The number of rotatable bonds is 7. The van der Waals surface area contributed by atoms with E-state index in [0.29, 0.717) is 13.2 Å². The fraction of sp³-hybridized carbons (Fsp3) is 0.462. The largest absolute Gasteiger partial charge is 0.508 e. The van der Waals surface area contributed by atoms with Crippen LogP contribution in [0.4, 0.5) is 4.79 Å². The van der Waals surface area contributed by atoms with Crippen LogP contribution in [0.5, 0.6) is 11.5 Å². The fourth-order valence-corrected chi connectivity index (χ4v) is 1.40. The maximum absolute atomic E-state index is 10.7. The van der Waals surface area contributed by atoms with Crippen molar-refractivity contribution in [2.45, 2.75) is 19.3 Å². The fourth-order valence-electron chi connectivity index (χ4n) is 1.40. The van der Waals surface area contributed by atoms with Crippen LogP contribution in [0.2, 0.25) is 0 Å². The normalized spacial score (nSPS) is 9.83. The highest BCUT2D eigenvalue weighted by Crippen LogP contribution is 2.16. The van der Waals surface area contributed by atoms with Crippen LogP contribution in [0, 0.1) is 0 Å². The van der Waals surface area contributed by atoms with E-state index in [9.17, 15) is 4.79 Å². The average Bonchev–Trinajstić information content (AvgIpc) is 2.39. The van der Waals surface area contributed by atoms with E-state index < -0.39 is 6.09 Å². The second-order valence-corrected chi connectivity index (χ2v) is 3.82. The number of amides is 1. The highest BCUT2D eigenvalue weighted by atomic mass is 16.5. The summed E-state index contributed by atoms with van der Waals surface area (Å²) in [6, 6.07) is 6.65. The van der Waals surface area contributed by atoms with Crippen molar-refractivity contribution in [3.8, 4) is 11.5 Å². The van der Waals surface area contributed by atoms with Gasteiger partial charge in [0.05, 0.1) is 13.7 Å². The van der Waals surface area contributed by atoms with Crippen molar-refractivity contribution in [1.29, 1.82) is 0 Å². The van der Waals surface area contributed by atoms with Crippen molar-refractivity contribution in [3.63, 3.8) is 0 Å². The summed E-state index contributed by atoms with van der Waals surface area (Å²) in [5.41, 5.74) is 0. The molecular formula is C13H19NO4. The highest BCUT2D eigenvalue weighted by molar-refractivity contribution is 5.66. The lowest BCUT2D eigenvalue weighted by Gasteiger charge is -2.06. The first-order chi connectivity index (χ1) is 8.72. The summed E-state index contributed by atoms with van der Waals surface area (Å²) in [6.45, 7) is 1.24. The van der Waals surface area contributed by atoms with Gasteiger partial charge in [-0.25, -0.2) is 4.79 Å². The van der Waals surface area contributed by atoms with Crippen LogP contribution < -0.4 is 10.1 Å². The third-order valence-electron chi connectivity index (χ3n) is 2.38. The van der Waals surface area contributed by atoms with Gasteiger partial charge >= 0.3 is 6.09 Å². The number of carbonyl (C=O) groups is 1. The molecule has 100 valence electrons. The lowest BCUT2D eigenvalue weighted by atomic mass is 10.2. The van der Waals surface area contributed by atoms with Crippen molar-refractivity contribution in [2.75, 3.05) is 20.3 Å². The minimum Gasteiger partial charge on any atom is -0.508 e. The Bertz CT molecular complexity index is 351. The molecule has 0 saturated heterocycles. The number of nitrogens with one attached hydrogen (secondary N) is 1. The lowest BCUT2D eigenvalue weighted by molar-refractivity contribution is 0.171. The van der Waals surface area contributed by atoms with E-state index in [1.807, 2.05) is 0 Å². The van der Waals surface area contributed by atoms with Crippen LogP contribution in [-0.2, 0) is 4.74 Å². The average molecular weight is 253 g/mol. The SMILES string of the molecule is COC(=O)NCCCCCOc1ccc(O)cc1. The number of unbranched alkanes of at least 4 members (excludes halogenated alkanes) is 2. The Balaban J connectivity index is 1.99. The van der Waals surface area contributed by atoms with E-state index in [1.54, 1.807) is 24.3 Å². The number of phenolic OH excluding ortho intramolecular Hbond substituents is 1. The molecule has 0 radical (unpaired) electrons. The molecule has 0 atom stereocenters. The Morgan fingerprint density at radius 1 is 1.22 bits per heavy atom. The van der Waals surface area contributed by atoms with Crippen molar-refractivity contribution in [2.24, 2.45) is 0 Å². The van der Waals surface area contributed by atoms with Gasteiger partial charge in [-0.1, -0.05) is 0 Å². The number of alkyl carbamates (subject to hydrolysis) is 1. The molecule has 0 aliphatic carbocycles. The zero-order valence-corrected chi connectivity index (χ0v) is 10.5. The quantitative estimate of drug-likeness (QED) is 0.732. The minimum atomic E-state index is -0.393. The summed E-state index contributed by atoms with van der Waals surface area (Å²) in [5.74, 6) is 0.983. The molecule has 0 bridgehead atoms. The molecule has 1 rings (SSSR count). The van der Waals surface area contributed by atoms with Crippen molar-refractivity contribution in [3.05, 3.63) is 24.3 Å². The standard InChI is InChI=1S/C13H19NO4/c1-17-13(16)14-9-3-2-4-10-18-12-7-5-11(15)6-8-12/h5-8,15H,2-4,9-10H2,1H3,(H,14,16). The maximum atomic E-state index is 10.7. The second kappa shape index (κ2) is 8.22. The van der Waals surface area contributed by atoms with Crippen molar-refractivity contribution >= 4 is 6.09 Å². The second-order valence-electron chi connectivity index (χ2n) is 3.82. The van der Waals surface area contributed by atoms with E-state index >= 15 is 0 Å². The molecule has 0 unspecified atom stereocenters. The van der Waals surface area contributed by atoms with Crippen LogP contribution >= 0.6 is 0 Å². The van der Waals surface area contributed by atoms with Gasteiger partial charge < -0.3 is 19.9 Å². The summed E-state index contributed by atoms with van der Waals surface area (Å²) >= 11 is 0. The number of benzene rings is 1. The molecule has 2 N–H and O–H groups in total. The number of hydrogen-bond acceptors (Lipinski definition) is 4. The summed E-state index contributed by atoms with van der Waals surface area (Å²) in [4.78, 5) is 10.7. The van der Waals surface area contributed by atoms with Crippen LogP contribution in [0.25, 0.3) is 0 Å². The van der Waals surface area contributed by atoms with E-state index in [0.717, 1.165) is 25.0 Å². The lowest BCUT2D eigenvalue weighted by Crippen LogP contribution is -2.23. The number of hydrogen-bond donors (Lipinski definition) is 2. The van der Waals surface area contributed by atoms with Gasteiger partial charge in [0.15, 0.2) is 0 Å². The van der Waals surface area contributed by atoms with Gasteiger partial charge in [-0.2, -0.15) is 0 Å². The van der Waals surface area contributed by atoms with Crippen LogP contribution in [0.1, 0.15) is 19.3 Å². The van der Waals surface area contributed by atoms with E-state index in [1.165, 1.54) is 7.11 Å². The summed E-state index contributed by atoms with van der Waals surface area (Å²) in [5, 5.41) is 11.7. The predicted molar refractivity (Wildman–Crippen MR) is 67.9 cm³/mol. The zero-order valence-electron chi connectivity index (χ0n) is 10.5. The molecule has 5 nitrogen and oxygen atoms in total. The molecule has 0 fully saturated rings. The van der Waals surface area contributed by atoms with Gasteiger partial charge in [0.25, 0.3) is 0 Å². The molecule has 0 aliphatic rings. The molecule has 1 aromatic rings. The Hall–Kier alpha value is -1.91. The van der Waals surface area contributed by atoms with Gasteiger partial charge in [-0.15, -0.1) is 0 Å². The number of phenols is 1. The zero-order chi connectivity index (χ0) is 13.2. The minimum absolute atomic E-state index is 0.233. The van der Waals surface area contributed by atoms with Gasteiger partial charge in [0, 0.05) is 6.54 Å². The van der Waals surface area contributed by atoms with Gasteiger partial charge in [0.2, 0.25) is 0 Å². The topological polar surface area (TPSA) is 67.8 Å². The Morgan fingerprint density at radius 2 is 1.94 bits per heavy atom. The van der Waals surface area contributed by atoms with Crippen LogP contribution in [0.15, 0.2) is 24.3 Å².